The van der Waals surface area contributed by atoms with Crippen LogP contribution in [0.25, 0.3) is 0 Å². The molecular formula is C14H20N4O3. The summed E-state index contributed by atoms with van der Waals surface area (Å²) in [5.41, 5.74) is 2.80. The van der Waals surface area contributed by atoms with E-state index < -0.39 is 0 Å². The van der Waals surface area contributed by atoms with Crippen LogP contribution in [0.5, 0.6) is 0 Å². The minimum Gasteiger partial charge on any atom is -0.380 e. The van der Waals surface area contributed by atoms with E-state index >= 15 is 0 Å². The zero-order valence-electron chi connectivity index (χ0n) is 12.9. The predicted molar refractivity (Wildman–Crippen MR) is 75.8 cm³/mol. The zero-order valence-corrected chi connectivity index (χ0v) is 12.9. The molecule has 1 atom stereocenters. The molecule has 0 aliphatic rings. The number of ether oxygens (including phenoxy) is 1. The first-order valence-corrected chi connectivity index (χ1v) is 6.69. The Kier molecular flexibility index (Phi) is 4.42. The van der Waals surface area contributed by atoms with Crippen LogP contribution in [0.4, 0.5) is 0 Å². The van der Waals surface area contributed by atoms with Gasteiger partial charge >= 0.3 is 0 Å². The van der Waals surface area contributed by atoms with Crippen LogP contribution in [0, 0.1) is 13.8 Å². The first-order chi connectivity index (χ1) is 9.93. The largest absolute Gasteiger partial charge is 0.380 e. The molecule has 0 bridgehead atoms. The highest BCUT2D eigenvalue weighted by molar-refractivity contribution is 5.94. The van der Waals surface area contributed by atoms with E-state index in [4.69, 9.17) is 9.26 Å². The van der Waals surface area contributed by atoms with Gasteiger partial charge in [0.1, 0.15) is 5.76 Å². The Hall–Kier alpha value is -2.15. The van der Waals surface area contributed by atoms with Crippen LogP contribution in [-0.4, -0.2) is 28.0 Å². The van der Waals surface area contributed by atoms with Crippen LogP contribution >= 0.6 is 0 Å². The van der Waals surface area contributed by atoms with Crippen molar-refractivity contribution in [2.45, 2.75) is 33.4 Å². The van der Waals surface area contributed by atoms with E-state index in [1.54, 1.807) is 18.7 Å². The van der Waals surface area contributed by atoms with Gasteiger partial charge < -0.3 is 14.6 Å². The first-order valence-electron chi connectivity index (χ1n) is 6.69. The van der Waals surface area contributed by atoms with Crippen molar-refractivity contribution in [1.29, 1.82) is 0 Å². The number of aromatic nitrogens is 3. The third-order valence-corrected chi connectivity index (χ3v) is 3.35. The summed E-state index contributed by atoms with van der Waals surface area (Å²) in [7, 11) is 3.42. The second-order valence-electron chi connectivity index (χ2n) is 5.04. The maximum atomic E-state index is 12.3. The summed E-state index contributed by atoms with van der Waals surface area (Å²) in [5.74, 6) is 0.307. The number of hydrogen-bond acceptors (Lipinski definition) is 5. The highest BCUT2D eigenvalue weighted by atomic mass is 16.5. The van der Waals surface area contributed by atoms with Crippen molar-refractivity contribution in [2.24, 2.45) is 7.05 Å². The number of hydrogen-bond donors (Lipinski definition) is 1. The van der Waals surface area contributed by atoms with Crippen molar-refractivity contribution >= 4 is 5.91 Å². The highest BCUT2D eigenvalue weighted by Gasteiger charge is 2.22. The van der Waals surface area contributed by atoms with Gasteiger partial charge in [-0.05, 0) is 20.8 Å². The van der Waals surface area contributed by atoms with Crippen LogP contribution in [0.3, 0.4) is 0 Å². The molecule has 0 saturated carbocycles. The monoisotopic (exact) mass is 292 g/mol. The molecule has 2 rings (SSSR count). The molecule has 7 nitrogen and oxygen atoms in total. The number of carbonyl (C=O) groups is 1. The molecule has 2 aromatic rings. The molecule has 0 radical (unpaired) electrons. The molecule has 0 spiro atoms. The van der Waals surface area contributed by atoms with Gasteiger partial charge in [-0.3, -0.25) is 9.48 Å². The molecule has 2 aromatic heterocycles. The Morgan fingerprint density at radius 2 is 2.24 bits per heavy atom. The normalized spacial score (nSPS) is 12.4. The standard InChI is InChI=1S/C14H20N4O3/c1-8(11-6-18(4)16-9(11)2)15-14(19)13-12(7-20-5)10(3)21-17-13/h6,8H,7H2,1-5H3,(H,15,19). The third kappa shape index (κ3) is 3.13. The fourth-order valence-electron chi connectivity index (χ4n) is 2.27. The molecule has 7 heteroatoms. The number of aryl methyl sites for hydroxylation is 3. The number of nitrogens with one attached hydrogen (secondary N) is 1. The molecule has 0 saturated heterocycles. The maximum absolute atomic E-state index is 12.3. The highest BCUT2D eigenvalue weighted by Crippen LogP contribution is 2.18. The zero-order chi connectivity index (χ0) is 15.6. The summed E-state index contributed by atoms with van der Waals surface area (Å²) in [6.45, 7) is 5.87. The summed E-state index contributed by atoms with van der Waals surface area (Å²) >= 11 is 0. The van der Waals surface area contributed by atoms with Crippen molar-refractivity contribution in [3.8, 4) is 0 Å². The summed E-state index contributed by atoms with van der Waals surface area (Å²) < 4.78 is 11.9. The number of amides is 1. The molecule has 2 heterocycles. The van der Waals surface area contributed by atoms with E-state index in [-0.39, 0.29) is 17.6 Å². The van der Waals surface area contributed by atoms with Gasteiger partial charge in [0, 0.05) is 25.9 Å². The lowest BCUT2D eigenvalue weighted by molar-refractivity contribution is 0.0926. The summed E-state index contributed by atoms with van der Waals surface area (Å²) in [6, 6.07) is -0.168. The topological polar surface area (TPSA) is 82.2 Å². The Morgan fingerprint density at radius 1 is 1.52 bits per heavy atom. The fraction of sp³-hybridized carbons (Fsp3) is 0.500. The van der Waals surface area contributed by atoms with E-state index in [1.807, 2.05) is 27.1 Å². The molecule has 1 unspecified atom stereocenters. The van der Waals surface area contributed by atoms with Gasteiger partial charge in [0.05, 0.1) is 23.9 Å². The first kappa shape index (κ1) is 15.2. The summed E-state index contributed by atoms with van der Waals surface area (Å²) in [6.07, 6.45) is 1.89. The summed E-state index contributed by atoms with van der Waals surface area (Å²) in [5, 5.41) is 11.0. The van der Waals surface area contributed by atoms with Crippen molar-refractivity contribution in [3.63, 3.8) is 0 Å². The van der Waals surface area contributed by atoms with Gasteiger partial charge in [0.15, 0.2) is 5.69 Å². The van der Waals surface area contributed by atoms with E-state index in [2.05, 4.69) is 15.6 Å². The van der Waals surface area contributed by atoms with Crippen LogP contribution in [0.1, 0.15) is 46.0 Å². The van der Waals surface area contributed by atoms with Gasteiger partial charge in [0.2, 0.25) is 0 Å². The van der Waals surface area contributed by atoms with Crippen molar-refractivity contribution < 1.29 is 14.1 Å². The van der Waals surface area contributed by atoms with Crippen LogP contribution in [-0.2, 0) is 18.4 Å². The third-order valence-electron chi connectivity index (χ3n) is 3.35. The predicted octanol–water partition coefficient (Wildman–Crippen LogP) is 1.66. The minimum atomic E-state index is -0.283. The van der Waals surface area contributed by atoms with E-state index in [9.17, 15) is 4.79 Å². The molecule has 1 N–H and O–H groups in total. The Balaban J connectivity index is 2.16. The molecule has 0 aromatic carbocycles. The Morgan fingerprint density at radius 3 is 2.81 bits per heavy atom. The maximum Gasteiger partial charge on any atom is 0.274 e. The quantitative estimate of drug-likeness (QED) is 0.906. The lowest BCUT2D eigenvalue weighted by Crippen LogP contribution is -2.28. The van der Waals surface area contributed by atoms with E-state index in [1.165, 1.54) is 0 Å². The van der Waals surface area contributed by atoms with Gasteiger partial charge in [0.25, 0.3) is 5.91 Å². The molecule has 0 fully saturated rings. The van der Waals surface area contributed by atoms with Gasteiger partial charge in [-0.25, -0.2) is 0 Å². The van der Waals surface area contributed by atoms with Crippen molar-refractivity contribution in [2.75, 3.05) is 7.11 Å². The van der Waals surface area contributed by atoms with Crippen molar-refractivity contribution in [3.05, 3.63) is 34.5 Å². The van der Waals surface area contributed by atoms with Gasteiger partial charge in [-0.2, -0.15) is 5.10 Å². The molecule has 114 valence electrons. The summed E-state index contributed by atoms with van der Waals surface area (Å²) in [4.78, 5) is 12.3. The lowest BCUT2D eigenvalue weighted by atomic mass is 10.1. The average molecular weight is 292 g/mol. The smallest absolute Gasteiger partial charge is 0.274 e. The number of rotatable bonds is 5. The number of nitrogens with zero attached hydrogens (tertiary/aromatic N) is 3. The average Bonchev–Trinajstić information content (AvgIpc) is 2.94. The molecule has 21 heavy (non-hydrogen) atoms. The number of methoxy groups -OCH3 is 1. The van der Waals surface area contributed by atoms with Crippen LogP contribution in [0.15, 0.2) is 10.7 Å². The molecule has 0 aliphatic carbocycles. The van der Waals surface area contributed by atoms with E-state index in [0.29, 0.717) is 17.9 Å². The number of carbonyl (C=O) groups excluding carboxylic acids is 1. The van der Waals surface area contributed by atoms with Gasteiger partial charge in [-0.1, -0.05) is 5.16 Å². The van der Waals surface area contributed by atoms with Gasteiger partial charge in [-0.15, -0.1) is 0 Å². The fourth-order valence-corrected chi connectivity index (χ4v) is 2.27. The Bertz CT molecular complexity index is 645. The lowest BCUT2D eigenvalue weighted by Gasteiger charge is -2.12. The van der Waals surface area contributed by atoms with Crippen LogP contribution < -0.4 is 5.32 Å². The SMILES string of the molecule is COCc1c(C(=O)NC(C)c2cn(C)nc2C)noc1C. The molecule has 1 amide bonds. The Labute approximate surface area is 123 Å². The van der Waals surface area contributed by atoms with Crippen molar-refractivity contribution in [1.82, 2.24) is 20.3 Å². The second-order valence-corrected chi connectivity index (χ2v) is 5.04. The van der Waals surface area contributed by atoms with E-state index in [0.717, 1.165) is 11.3 Å². The second kappa shape index (κ2) is 6.09. The molecule has 0 aliphatic heterocycles. The minimum absolute atomic E-state index is 0.168. The van der Waals surface area contributed by atoms with Crippen LogP contribution in [0.2, 0.25) is 0 Å². The molecular weight excluding hydrogens is 272 g/mol.